The van der Waals surface area contributed by atoms with Gasteiger partial charge < -0.3 is 4.90 Å². The zero-order valence-electron chi connectivity index (χ0n) is 15.7. The number of fused-ring (bicyclic) bond motifs is 1. The fourth-order valence-corrected chi connectivity index (χ4v) is 2.56. The second kappa shape index (κ2) is 7.41. The number of aromatic nitrogens is 2. The van der Waals surface area contributed by atoms with E-state index in [9.17, 15) is 9.59 Å². The SMILES string of the molecule is Cc1nc2ccc(C(=O)NNC(=O)c3cccc(N(C)C)c3)cc2nc1C. The van der Waals surface area contributed by atoms with Gasteiger partial charge in [0.1, 0.15) is 0 Å². The summed E-state index contributed by atoms with van der Waals surface area (Å²) in [5.74, 6) is -0.812. The molecule has 138 valence electrons. The first-order valence-electron chi connectivity index (χ1n) is 8.48. The minimum atomic E-state index is -0.422. The molecule has 2 N–H and O–H groups in total. The van der Waals surface area contributed by atoms with Crippen LogP contribution >= 0.6 is 0 Å². The predicted octanol–water partition coefficient (Wildman–Crippen LogP) is 2.39. The second-order valence-electron chi connectivity index (χ2n) is 6.45. The molecule has 0 aliphatic carbocycles. The van der Waals surface area contributed by atoms with Crippen molar-refractivity contribution in [3.63, 3.8) is 0 Å². The third kappa shape index (κ3) is 4.03. The molecule has 7 heteroatoms. The number of hydrazine groups is 1. The standard InChI is InChI=1S/C20H21N5O2/c1-12-13(2)22-18-11-15(8-9-17(18)21-12)20(27)24-23-19(26)14-6-5-7-16(10-14)25(3)4/h5-11H,1-4H3,(H,23,26)(H,24,27). The Kier molecular flexibility index (Phi) is 5.03. The van der Waals surface area contributed by atoms with Gasteiger partial charge in [-0.3, -0.25) is 20.4 Å². The van der Waals surface area contributed by atoms with Crippen LogP contribution in [0.3, 0.4) is 0 Å². The lowest BCUT2D eigenvalue weighted by molar-refractivity contribution is 0.0847. The van der Waals surface area contributed by atoms with Crippen molar-refractivity contribution in [1.82, 2.24) is 20.8 Å². The Labute approximate surface area is 157 Å². The van der Waals surface area contributed by atoms with Gasteiger partial charge in [-0.05, 0) is 50.2 Å². The molecule has 2 aromatic carbocycles. The van der Waals surface area contributed by atoms with E-state index >= 15 is 0 Å². The van der Waals surface area contributed by atoms with Crippen LogP contribution in [0.15, 0.2) is 42.5 Å². The highest BCUT2D eigenvalue weighted by Crippen LogP contribution is 2.15. The Morgan fingerprint density at radius 2 is 1.41 bits per heavy atom. The number of nitrogens with zero attached hydrogens (tertiary/aromatic N) is 3. The topological polar surface area (TPSA) is 87.2 Å². The van der Waals surface area contributed by atoms with Crippen LogP contribution in [0.2, 0.25) is 0 Å². The number of benzene rings is 2. The molecule has 1 heterocycles. The van der Waals surface area contributed by atoms with Gasteiger partial charge in [0.15, 0.2) is 0 Å². The highest BCUT2D eigenvalue weighted by Gasteiger charge is 2.11. The van der Waals surface area contributed by atoms with Gasteiger partial charge in [-0.15, -0.1) is 0 Å². The lowest BCUT2D eigenvalue weighted by Gasteiger charge is -2.13. The molecule has 27 heavy (non-hydrogen) atoms. The molecule has 0 aliphatic heterocycles. The molecule has 1 aromatic heterocycles. The summed E-state index contributed by atoms with van der Waals surface area (Å²) in [6, 6.07) is 12.2. The Morgan fingerprint density at radius 1 is 0.815 bits per heavy atom. The monoisotopic (exact) mass is 363 g/mol. The van der Waals surface area contributed by atoms with Gasteiger partial charge in [-0.25, -0.2) is 9.97 Å². The van der Waals surface area contributed by atoms with E-state index in [4.69, 9.17) is 0 Å². The van der Waals surface area contributed by atoms with Crippen LogP contribution < -0.4 is 15.8 Å². The molecule has 0 radical (unpaired) electrons. The highest BCUT2D eigenvalue weighted by molar-refractivity contribution is 6.00. The molecule has 0 fully saturated rings. The van der Waals surface area contributed by atoms with Gasteiger partial charge in [-0.2, -0.15) is 0 Å². The van der Waals surface area contributed by atoms with Gasteiger partial charge in [0, 0.05) is 30.9 Å². The van der Waals surface area contributed by atoms with Crippen LogP contribution in [0.1, 0.15) is 32.1 Å². The average molecular weight is 363 g/mol. The van der Waals surface area contributed by atoms with E-state index < -0.39 is 5.91 Å². The maximum atomic E-state index is 12.4. The van der Waals surface area contributed by atoms with Crippen LogP contribution in [0.5, 0.6) is 0 Å². The molecule has 0 atom stereocenters. The molecule has 0 unspecified atom stereocenters. The van der Waals surface area contributed by atoms with E-state index in [1.165, 1.54) is 0 Å². The zero-order chi connectivity index (χ0) is 19.6. The molecule has 0 aliphatic rings. The van der Waals surface area contributed by atoms with Crippen LogP contribution in [-0.4, -0.2) is 35.9 Å². The van der Waals surface area contributed by atoms with Crippen molar-refractivity contribution in [3.05, 3.63) is 65.0 Å². The third-order valence-electron chi connectivity index (χ3n) is 4.25. The third-order valence-corrected chi connectivity index (χ3v) is 4.25. The number of carbonyl (C=O) groups excluding carboxylic acids is 2. The molecule has 0 saturated heterocycles. The lowest BCUT2D eigenvalue weighted by atomic mass is 10.1. The Balaban J connectivity index is 1.72. The van der Waals surface area contributed by atoms with E-state index in [0.29, 0.717) is 16.6 Å². The molecule has 2 amide bonds. The molecular weight excluding hydrogens is 342 g/mol. The minimum absolute atomic E-state index is 0.390. The van der Waals surface area contributed by atoms with E-state index in [-0.39, 0.29) is 5.91 Å². The minimum Gasteiger partial charge on any atom is -0.378 e. The maximum Gasteiger partial charge on any atom is 0.269 e. The van der Waals surface area contributed by atoms with E-state index in [0.717, 1.165) is 22.6 Å². The highest BCUT2D eigenvalue weighted by atomic mass is 16.2. The predicted molar refractivity (Wildman–Crippen MR) is 105 cm³/mol. The number of rotatable bonds is 3. The van der Waals surface area contributed by atoms with Crippen molar-refractivity contribution in [3.8, 4) is 0 Å². The Bertz CT molecular complexity index is 1030. The molecule has 3 aromatic rings. The quantitative estimate of drug-likeness (QED) is 0.698. The summed E-state index contributed by atoms with van der Waals surface area (Å²) in [7, 11) is 3.79. The first-order valence-corrected chi connectivity index (χ1v) is 8.48. The van der Waals surface area contributed by atoms with Crippen molar-refractivity contribution < 1.29 is 9.59 Å². The number of amides is 2. The lowest BCUT2D eigenvalue weighted by Crippen LogP contribution is -2.41. The van der Waals surface area contributed by atoms with Gasteiger partial charge in [-0.1, -0.05) is 6.07 Å². The normalized spacial score (nSPS) is 10.5. The first kappa shape index (κ1) is 18.3. The van der Waals surface area contributed by atoms with Gasteiger partial charge >= 0.3 is 0 Å². The molecule has 0 bridgehead atoms. The number of carbonyl (C=O) groups is 2. The number of anilines is 1. The second-order valence-corrected chi connectivity index (χ2v) is 6.45. The fourth-order valence-electron chi connectivity index (χ4n) is 2.56. The first-order chi connectivity index (χ1) is 12.8. The van der Waals surface area contributed by atoms with Crippen molar-refractivity contribution in [2.75, 3.05) is 19.0 Å². The Morgan fingerprint density at radius 3 is 2.04 bits per heavy atom. The molecule has 7 nitrogen and oxygen atoms in total. The summed E-state index contributed by atoms with van der Waals surface area (Å²) in [5, 5.41) is 0. The fraction of sp³-hybridized carbons (Fsp3) is 0.200. The number of aryl methyl sites for hydroxylation is 2. The number of nitrogens with one attached hydrogen (secondary N) is 2. The average Bonchev–Trinajstić information content (AvgIpc) is 2.66. The zero-order valence-corrected chi connectivity index (χ0v) is 15.7. The molecule has 0 spiro atoms. The summed E-state index contributed by atoms with van der Waals surface area (Å²) in [6.45, 7) is 3.76. The van der Waals surface area contributed by atoms with Crippen LogP contribution in [0, 0.1) is 13.8 Å². The number of hydrogen-bond donors (Lipinski definition) is 2. The van der Waals surface area contributed by atoms with Crippen molar-refractivity contribution in [2.45, 2.75) is 13.8 Å². The van der Waals surface area contributed by atoms with Crippen LogP contribution in [0.25, 0.3) is 11.0 Å². The summed E-state index contributed by atoms with van der Waals surface area (Å²) >= 11 is 0. The molecule has 0 saturated carbocycles. The van der Waals surface area contributed by atoms with E-state index in [1.54, 1.807) is 36.4 Å². The molecular formula is C20H21N5O2. The maximum absolute atomic E-state index is 12.4. The van der Waals surface area contributed by atoms with E-state index in [2.05, 4.69) is 20.8 Å². The Hall–Kier alpha value is -3.48. The van der Waals surface area contributed by atoms with Crippen molar-refractivity contribution in [2.24, 2.45) is 0 Å². The summed E-state index contributed by atoms with van der Waals surface area (Å²) in [6.07, 6.45) is 0. The van der Waals surface area contributed by atoms with Crippen LogP contribution in [0.4, 0.5) is 5.69 Å². The van der Waals surface area contributed by atoms with Gasteiger partial charge in [0.2, 0.25) is 0 Å². The van der Waals surface area contributed by atoms with Gasteiger partial charge in [0.25, 0.3) is 11.8 Å². The molecule has 3 rings (SSSR count). The smallest absolute Gasteiger partial charge is 0.269 e. The summed E-state index contributed by atoms with van der Waals surface area (Å²) in [4.78, 5) is 35.4. The van der Waals surface area contributed by atoms with E-state index in [1.807, 2.05) is 38.9 Å². The summed E-state index contributed by atoms with van der Waals surface area (Å²) in [5.41, 5.74) is 9.64. The summed E-state index contributed by atoms with van der Waals surface area (Å²) < 4.78 is 0. The van der Waals surface area contributed by atoms with Gasteiger partial charge in [0.05, 0.1) is 22.4 Å². The van der Waals surface area contributed by atoms with Crippen LogP contribution in [-0.2, 0) is 0 Å². The number of hydrogen-bond acceptors (Lipinski definition) is 5. The largest absolute Gasteiger partial charge is 0.378 e. The van der Waals surface area contributed by atoms with Crippen molar-refractivity contribution in [1.29, 1.82) is 0 Å². The van der Waals surface area contributed by atoms with Crippen molar-refractivity contribution >= 4 is 28.5 Å².